The van der Waals surface area contributed by atoms with E-state index in [2.05, 4.69) is 10.5 Å². The molecule has 0 saturated carbocycles. The fourth-order valence-corrected chi connectivity index (χ4v) is 2.19. The number of nitrogens with one attached hydrogen (secondary N) is 1. The maximum Gasteiger partial charge on any atom is 0.272 e. The molecule has 108 valence electrons. The number of amides is 1. The SMILES string of the molecule is CC(=NNC(=O)c1ccc(Cl)cc1Cl)c1cccc(N)c1. The highest BCUT2D eigenvalue weighted by Crippen LogP contribution is 2.20. The van der Waals surface area contributed by atoms with Crippen molar-refractivity contribution in [2.24, 2.45) is 5.10 Å². The second-order valence-corrected chi connectivity index (χ2v) is 5.23. The van der Waals surface area contributed by atoms with Crippen LogP contribution in [0.15, 0.2) is 47.6 Å². The number of carbonyl (C=O) groups excluding carboxylic acids is 1. The summed E-state index contributed by atoms with van der Waals surface area (Å²) in [6, 6.07) is 11.9. The van der Waals surface area contributed by atoms with Crippen LogP contribution in [0.2, 0.25) is 10.0 Å². The zero-order valence-electron chi connectivity index (χ0n) is 11.2. The normalized spacial score (nSPS) is 11.3. The van der Waals surface area contributed by atoms with Crippen LogP contribution in [-0.2, 0) is 0 Å². The first-order chi connectivity index (χ1) is 9.97. The molecule has 0 aliphatic carbocycles. The summed E-state index contributed by atoms with van der Waals surface area (Å²) in [5, 5.41) is 4.79. The lowest BCUT2D eigenvalue weighted by Crippen LogP contribution is -2.19. The van der Waals surface area contributed by atoms with Gasteiger partial charge in [-0.3, -0.25) is 4.79 Å². The molecule has 0 atom stereocenters. The quantitative estimate of drug-likeness (QED) is 0.514. The fourth-order valence-electron chi connectivity index (χ4n) is 1.70. The van der Waals surface area contributed by atoms with Crippen LogP contribution < -0.4 is 11.2 Å². The van der Waals surface area contributed by atoms with E-state index in [1.54, 1.807) is 31.2 Å². The van der Waals surface area contributed by atoms with Crippen molar-refractivity contribution in [3.63, 3.8) is 0 Å². The third-order valence-corrected chi connectivity index (χ3v) is 3.35. The number of hydrazone groups is 1. The number of rotatable bonds is 3. The van der Waals surface area contributed by atoms with Gasteiger partial charge in [0.2, 0.25) is 0 Å². The molecule has 0 aromatic heterocycles. The number of nitrogens with zero attached hydrogens (tertiary/aromatic N) is 1. The van der Waals surface area contributed by atoms with Gasteiger partial charge in [-0.25, -0.2) is 5.43 Å². The lowest BCUT2D eigenvalue weighted by Gasteiger charge is -2.05. The number of halogens is 2. The van der Waals surface area contributed by atoms with E-state index in [9.17, 15) is 4.79 Å². The Kier molecular flexibility index (Phi) is 4.83. The molecule has 0 unspecified atom stereocenters. The number of nitrogens with two attached hydrogens (primary N) is 1. The second-order valence-electron chi connectivity index (χ2n) is 4.39. The molecule has 4 nitrogen and oxygen atoms in total. The van der Waals surface area contributed by atoms with Crippen LogP contribution in [0.4, 0.5) is 5.69 Å². The number of anilines is 1. The van der Waals surface area contributed by atoms with Gasteiger partial charge in [0.05, 0.1) is 16.3 Å². The minimum atomic E-state index is -0.403. The van der Waals surface area contributed by atoms with E-state index in [-0.39, 0.29) is 5.02 Å². The summed E-state index contributed by atoms with van der Waals surface area (Å²) in [7, 11) is 0. The lowest BCUT2D eigenvalue weighted by molar-refractivity contribution is 0.0955. The van der Waals surface area contributed by atoms with Gasteiger partial charge in [0.25, 0.3) is 5.91 Å². The molecule has 2 aromatic rings. The Morgan fingerprint density at radius 1 is 1.19 bits per heavy atom. The fraction of sp³-hybridized carbons (Fsp3) is 0.0667. The highest BCUT2D eigenvalue weighted by molar-refractivity contribution is 6.36. The van der Waals surface area contributed by atoms with Crippen LogP contribution in [0, 0.1) is 0 Å². The van der Waals surface area contributed by atoms with Gasteiger partial charge in [0, 0.05) is 10.7 Å². The van der Waals surface area contributed by atoms with E-state index < -0.39 is 5.91 Å². The van der Waals surface area contributed by atoms with E-state index in [4.69, 9.17) is 28.9 Å². The molecule has 3 N–H and O–H groups in total. The van der Waals surface area contributed by atoms with Crippen LogP contribution in [-0.4, -0.2) is 11.6 Å². The highest BCUT2D eigenvalue weighted by atomic mass is 35.5. The van der Waals surface area contributed by atoms with Gasteiger partial charge in [-0.15, -0.1) is 0 Å². The van der Waals surface area contributed by atoms with Crippen molar-refractivity contribution in [1.82, 2.24) is 5.43 Å². The molecule has 0 spiro atoms. The van der Waals surface area contributed by atoms with E-state index in [1.807, 2.05) is 12.1 Å². The predicted octanol–water partition coefficient (Wildman–Crippen LogP) is 3.73. The van der Waals surface area contributed by atoms with Gasteiger partial charge in [0.15, 0.2) is 0 Å². The van der Waals surface area contributed by atoms with Crippen LogP contribution >= 0.6 is 23.2 Å². The van der Waals surface area contributed by atoms with Crippen molar-refractivity contribution >= 4 is 40.5 Å². The molecule has 1 amide bonds. The molecule has 0 fully saturated rings. The van der Waals surface area contributed by atoms with Gasteiger partial charge < -0.3 is 5.73 Å². The summed E-state index contributed by atoms with van der Waals surface area (Å²) < 4.78 is 0. The van der Waals surface area contributed by atoms with Gasteiger partial charge in [0.1, 0.15) is 0 Å². The Morgan fingerprint density at radius 3 is 2.62 bits per heavy atom. The molecule has 0 radical (unpaired) electrons. The molecule has 0 aliphatic heterocycles. The predicted molar refractivity (Wildman–Crippen MR) is 87.0 cm³/mol. The van der Waals surface area contributed by atoms with Crippen LogP contribution in [0.1, 0.15) is 22.8 Å². The van der Waals surface area contributed by atoms with Crippen LogP contribution in [0.3, 0.4) is 0 Å². The van der Waals surface area contributed by atoms with Gasteiger partial charge in [-0.05, 0) is 42.8 Å². The molecule has 0 aliphatic rings. The largest absolute Gasteiger partial charge is 0.399 e. The third kappa shape index (κ3) is 3.97. The average molecular weight is 322 g/mol. The zero-order chi connectivity index (χ0) is 15.4. The maximum absolute atomic E-state index is 12.0. The molecule has 0 bridgehead atoms. The first-order valence-electron chi connectivity index (χ1n) is 6.13. The zero-order valence-corrected chi connectivity index (χ0v) is 12.7. The number of carbonyl (C=O) groups is 1. The molecule has 6 heteroatoms. The van der Waals surface area contributed by atoms with E-state index >= 15 is 0 Å². The van der Waals surface area contributed by atoms with Gasteiger partial charge in [-0.2, -0.15) is 5.10 Å². The Balaban J connectivity index is 2.14. The molecule has 0 saturated heterocycles. The molecular weight excluding hydrogens is 309 g/mol. The second kappa shape index (κ2) is 6.61. The third-order valence-electron chi connectivity index (χ3n) is 2.81. The Labute approximate surface area is 132 Å². The molecule has 21 heavy (non-hydrogen) atoms. The number of nitrogen functional groups attached to an aromatic ring is 1. The first-order valence-corrected chi connectivity index (χ1v) is 6.88. The molecule has 2 aromatic carbocycles. The van der Waals surface area contributed by atoms with E-state index in [0.29, 0.717) is 22.0 Å². The van der Waals surface area contributed by atoms with Crippen molar-refractivity contribution in [2.45, 2.75) is 6.92 Å². The van der Waals surface area contributed by atoms with E-state index in [1.165, 1.54) is 6.07 Å². The number of hydrogen-bond acceptors (Lipinski definition) is 3. The molecule has 2 rings (SSSR count). The highest BCUT2D eigenvalue weighted by Gasteiger charge is 2.10. The molecular formula is C15H13Cl2N3O. The summed E-state index contributed by atoms with van der Waals surface area (Å²) in [5.74, 6) is -0.403. The Morgan fingerprint density at radius 2 is 1.95 bits per heavy atom. The first kappa shape index (κ1) is 15.4. The minimum Gasteiger partial charge on any atom is -0.399 e. The van der Waals surface area contributed by atoms with Crippen molar-refractivity contribution in [1.29, 1.82) is 0 Å². The summed E-state index contributed by atoms with van der Waals surface area (Å²) in [6.07, 6.45) is 0. The topological polar surface area (TPSA) is 67.5 Å². The van der Waals surface area contributed by atoms with Crippen LogP contribution in [0.5, 0.6) is 0 Å². The van der Waals surface area contributed by atoms with Crippen molar-refractivity contribution in [3.8, 4) is 0 Å². The Bertz CT molecular complexity index is 714. The number of benzene rings is 2. The summed E-state index contributed by atoms with van der Waals surface area (Å²) in [6.45, 7) is 1.78. The minimum absolute atomic E-state index is 0.275. The van der Waals surface area contributed by atoms with Crippen molar-refractivity contribution in [2.75, 3.05) is 5.73 Å². The van der Waals surface area contributed by atoms with Gasteiger partial charge >= 0.3 is 0 Å². The van der Waals surface area contributed by atoms with Crippen LogP contribution in [0.25, 0.3) is 0 Å². The lowest BCUT2D eigenvalue weighted by atomic mass is 10.1. The number of hydrogen-bond donors (Lipinski definition) is 2. The summed E-state index contributed by atoms with van der Waals surface area (Å²) >= 11 is 11.8. The van der Waals surface area contributed by atoms with E-state index in [0.717, 1.165) is 5.56 Å². The van der Waals surface area contributed by atoms with Crippen molar-refractivity contribution < 1.29 is 4.79 Å². The average Bonchev–Trinajstić information content (AvgIpc) is 2.44. The van der Waals surface area contributed by atoms with Crippen molar-refractivity contribution in [3.05, 3.63) is 63.6 Å². The monoisotopic (exact) mass is 321 g/mol. The van der Waals surface area contributed by atoms with Gasteiger partial charge in [-0.1, -0.05) is 35.3 Å². The maximum atomic E-state index is 12.0. The summed E-state index contributed by atoms with van der Waals surface area (Å²) in [4.78, 5) is 12.0. The molecule has 0 heterocycles. The standard InChI is InChI=1S/C15H13Cl2N3O/c1-9(10-3-2-4-12(18)7-10)19-20-15(21)13-6-5-11(16)8-14(13)17/h2-8H,18H2,1H3,(H,20,21). The Hall–Kier alpha value is -2.04. The smallest absolute Gasteiger partial charge is 0.272 e. The summed E-state index contributed by atoms with van der Waals surface area (Å²) in [5.41, 5.74) is 10.6.